The molecule has 25 heavy (non-hydrogen) atoms. The number of nitrogens with one attached hydrogen (secondary N) is 2. The van der Waals surface area contributed by atoms with Gasteiger partial charge in [-0.3, -0.25) is 9.78 Å². The Kier molecular flexibility index (Phi) is 6.62. The molecule has 0 saturated heterocycles. The number of nitrogens with zero attached hydrogens (tertiary/aromatic N) is 1. The molecule has 0 aliphatic carbocycles. The molecule has 0 unspecified atom stereocenters. The Morgan fingerprint density at radius 3 is 2.64 bits per heavy atom. The van der Waals surface area contributed by atoms with Crippen LogP contribution in [0.5, 0.6) is 11.5 Å². The molecule has 2 aromatic rings. The van der Waals surface area contributed by atoms with Gasteiger partial charge in [0.2, 0.25) is 0 Å². The van der Waals surface area contributed by atoms with Crippen molar-refractivity contribution in [1.82, 2.24) is 10.3 Å². The van der Waals surface area contributed by atoms with Gasteiger partial charge >= 0.3 is 0 Å². The highest BCUT2D eigenvalue weighted by Crippen LogP contribution is 2.31. The molecule has 0 bridgehead atoms. The van der Waals surface area contributed by atoms with Crippen LogP contribution in [0.1, 0.15) is 30.8 Å². The first-order valence-electron chi connectivity index (χ1n) is 8.26. The van der Waals surface area contributed by atoms with Gasteiger partial charge in [-0.15, -0.1) is 0 Å². The minimum absolute atomic E-state index is 0.179. The summed E-state index contributed by atoms with van der Waals surface area (Å²) >= 11 is 0. The minimum Gasteiger partial charge on any atom is -0.497 e. The number of benzene rings is 1. The predicted molar refractivity (Wildman–Crippen MR) is 98.9 cm³/mol. The molecule has 1 amide bonds. The fraction of sp³-hybridized carbons (Fsp3) is 0.368. The number of carbonyl (C=O) groups excluding carboxylic acids is 1. The monoisotopic (exact) mass is 343 g/mol. The van der Waals surface area contributed by atoms with Gasteiger partial charge in [-0.05, 0) is 36.6 Å². The van der Waals surface area contributed by atoms with Crippen molar-refractivity contribution in [3.8, 4) is 11.5 Å². The zero-order chi connectivity index (χ0) is 18.2. The third-order valence-corrected chi connectivity index (χ3v) is 3.69. The average Bonchev–Trinajstić information content (AvgIpc) is 2.61. The molecule has 0 fully saturated rings. The van der Waals surface area contributed by atoms with Crippen molar-refractivity contribution >= 4 is 17.3 Å². The minimum atomic E-state index is -0.179. The summed E-state index contributed by atoms with van der Waals surface area (Å²) in [6.07, 6.45) is 2.54. The predicted octanol–water partition coefficient (Wildman–Crippen LogP) is 3.62. The van der Waals surface area contributed by atoms with Crippen LogP contribution in [0.3, 0.4) is 0 Å². The van der Waals surface area contributed by atoms with E-state index in [4.69, 9.17) is 9.47 Å². The quantitative estimate of drug-likeness (QED) is 0.766. The van der Waals surface area contributed by atoms with Crippen LogP contribution in [0.2, 0.25) is 0 Å². The van der Waals surface area contributed by atoms with Crippen LogP contribution in [-0.2, 0) is 0 Å². The maximum atomic E-state index is 12.2. The fourth-order valence-corrected chi connectivity index (χ4v) is 2.26. The molecule has 0 aliphatic rings. The van der Waals surface area contributed by atoms with E-state index < -0.39 is 0 Å². The molecule has 1 aromatic heterocycles. The molecule has 1 heterocycles. The lowest BCUT2D eigenvalue weighted by Crippen LogP contribution is -2.26. The van der Waals surface area contributed by atoms with Crippen LogP contribution < -0.4 is 20.1 Å². The summed E-state index contributed by atoms with van der Waals surface area (Å²) < 4.78 is 10.6. The summed E-state index contributed by atoms with van der Waals surface area (Å²) in [6, 6.07) is 8.99. The van der Waals surface area contributed by atoms with Gasteiger partial charge in [-0.2, -0.15) is 0 Å². The van der Waals surface area contributed by atoms with Crippen molar-refractivity contribution in [3.05, 3.63) is 42.2 Å². The summed E-state index contributed by atoms with van der Waals surface area (Å²) in [5, 5.41) is 6.13. The summed E-state index contributed by atoms with van der Waals surface area (Å²) in [6.45, 7) is 4.88. The molecular formula is C19H25N3O3. The first-order chi connectivity index (χ1) is 12.0. The van der Waals surface area contributed by atoms with Gasteiger partial charge in [0.05, 0.1) is 19.9 Å². The SMILES string of the molecule is COc1ccc(OC)c(Nc2ccnc(C(=O)NCCC(C)C)c2)c1. The highest BCUT2D eigenvalue weighted by molar-refractivity contribution is 5.93. The van der Waals surface area contributed by atoms with E-state index in [0.717, 1.165) is 17.8 Å². The first-order valence-corrected chi connectivity index (χ1v) is 8.26. The van der Waals surface area contributed by atoms with Crippen molar-refractivity contribution in [2.45, 2.75) is 20.3 Å². The number of rotatable bonds is 8. The van der Waals surface area contributed by atoms with Crippen LogP contribution >= 0.6 is 0 Å². The van der Waals surface area contributed by atoms with Gasteiger partial charge < -0.3 is 20.1 Å². The van der Waals surface area contributed by atoms with E-state index in [9.17, 15) is 4.79 Å². The topological polar surface area (TPSA) is 72.5 Å². The molecule has 1 aromatic carbocycles. The van der Waals surface area contributed by atoms with Crippen molar-refractivity contribution < 1.29 is 14.3 Å². The van der Waals surface area contributed by atoms with E-state index in [1.54, 1.807) is 32.5 Å². The number of methoxy groups -OCH3 is 2. The third kappa shape index (κ3) is 5.38. The second-order valence-corrected chi connectivity index (χ2v) is 6.06. The molecular weight excluding hydrogens is 318 g/mol. The lowest BCUT2D eigenvalue weighted by Gasteiger charge is -2.13. The van der Waals surface area contributed by atoms with E-state index in [2.05, 4.69) is 29.5 Å². The van der Waals surface area contributed by atoms with Crippen LogP contribution in [0.25, 0.3) is 0 Å². The van der Waals surface area contributed by atoms with E-state index >= 15 is 0 Å². The molecule has 0 saturated carbocycles. The smallest absolute Gasteiger partial charge is 0.269 e. The van der Waals surface area contributed by atoms with E-state index in [-0.39, 0.29) is 5.91 Å². The molecule has 134 valence electrons. The Morgan fingerprint density at radius 2 is 1.96 bits per heavy atom. The number of amides is 1. The zero-order valence-corrected chi connectivity index (χ0v) is 15.1. The Hall–Kier alpha value is -2.76. The number of carbonyl (C=O) groups is 1. The number of hydrogen-bond donors (Lipinski definition) is 2. The zero-order valence-electron chi connectivity index (χ0n) is 15.1. The highest BCUT2D eigenvalue weighted by Gasteiger charge is 2.10. The largest absolute Gasteiger partial charge is 0.497 e. The van der Waals surface area contributed by atoms with E-state index in [1.807, 2.05) is 18.2 Å². The van der Waals surface area contributed by atoms with E-state index in [1.165, 1.54) is 0 Å². The summed E-state index contributed by atoms with van der Waals surface area (Å²) in [7, 11) is 3.21. The fourth-order valence-electron chi connectivity index (χ4n) is 2.26. The normalized spacial score (nSPS) is 10.4. The maximum absolute atomic E-state index is 12.2. The van der Waals surface area contributed by atoms with Crippen molar-refractivity contribution in [2.75, 3.05) is 26.1 Å². The molecule has 6 heteroatoms. The Morgan fingerprint density at radius 1 is 1.16 bits per heavy atom. The first kappa shape index (κ1) is 18.6. The lowest BCUT2D eigenvalue weighted by atomic mass is 10.1. The number of pyridine rings is 1. The Balaban J connectivity index is 2.12. The van der Waals surface area contributed by atoms with E-state index in [0.29, 0.717) is 29.7 Å². The van der Waals surface area contributed by atoms with Crippen LogP contribution in [-0.4, -0.2) is 31.7 Å². The van der Waals surface area contributed by atoms with Gasteiger partial charge in [0.25, 0.3) is 5.91 Å². The summed E-state index contributed by atoms with van der Waals surface area (Å²) in [4.78, 5) is 16.4. The van der Waals surface area contributed by atoms with Gasteiger partial charge in [-0.25, -0.2) is 0 Å². The molecule has 0 aliphatic heterocycles. The van der Waals surface area contributed by atoms with Crippen LogP contribution in [0, 0.1) is 5.92 Å². The second kappa shape index (κ2) is 8.92. The number of ether oxygens (including phenoxy) is 2. The molecule has 2 rings (SSSR count). The van der Waals surface area contributed by atoms with Crippen LogP contribution in [0.15, 0.2) is 36.5 Å². The maximum Gasteiger partial charge on any atom is 0.269 e. The van der Waals surface area contributed by atoms with Crippen molar-refractivity contribution in [3.63, 3.8) is 0 Å². The van der Waals surface area contributed by atoms with Gasteiger partial charge in [-0.1, -0.05) is 13.8 Å². The molecule has 0 spiro atoms. The van der Waals surface area contributed by atoms with Gasteiger partial charge in [0.15, 0.2) is 0 Å². The number of anilines is 2. The Bertz CT molecular complexity index is 717. The van der Waals surface area contributed by atoms with Crippen molar-refractivity contribution in [2.24, 2.45) is 5.92 Å². The summed E-state index contributed by atoms with van der Waals surface area (Å²) in [5.74, 6) is 1.76. The average molecular weight is 343 g/mol. The number of hydrogen-bond acceptors (Lipinski definition) is 5. The molecule has 0 radical (unpaired) electrons. The highest BCUT2D eigenvalue weighted by atomic mass is 16.5. The lowest BCUT2D eigenvalue weighted by molar-refractivity contribution is 0.0947. The summed E-state index contributed by atoms with van der Waals surface area (Å²) in [5.41, 5.74) is 1.87. The Labute approximate surface area is 148 Å². The second-order valence-electron chi connectivity index (χ2n) is 6.06. The van der Waals surface area contributed by atoms with Crippen molar-refractivity contribution in [1.29, 1.82) is 0 Å². The number of aromatic nitrogens is 1. The van der Waals surface area contributed by atoms with Gasteiger partial charge in [0, 0.05) is 24.5 Å². The molecule has 0 atom stereocenters. The standard InChI is InChI=1S/C19H25N3O3/c1-13(2)7-9-21-19(23)17-11-14(8-10-20-17)22-16-12-15(24-3)5-6-18(16)25-4/h5-6,8,10-13H,7,9H2,1-4H3,(H,20,22)(H,21,23). The molecule has 2 N–H and O–H groups in total. The van der Waals surface area contributed by atoms with Gasteiger partial charge in [0.1, 0.15) is 17.2 Å². The third-order valence-electron chi connectivity index (χ3n) is 3.69. The molecule has 6 nitrogen and oxygen atoms in total. The van der Waals surface area contributed by atoms with Crippen LogP contribution in [0.4, 0.5) is 11.4 Å².